The zero-order chi connectivity index (χ0) is 8.89. The number of hydrogen-bond donors (Lipinski definition) is 0. The van der Waals surface area contributed by atoms with Gasteiger partial charge in [-0.15, -0.1) is 0 Å². The van der Waals surface area contributed by atoms with Crippen molar-refractivity contribution in [3.63, 3.8) is 0 Å². The molecule has 0 N–H and O–H groups in total. The van der Waals surface area contributed by atoms with Crippen molar-refractivity contribution in [2.75, 3.05) is 39.6 Å². The Hall–Kier alpha value is 0.578. The molecule has 3 saturated heterocycles. The van der Waals surface area contributed by atoms with Crippen LogP contribution in [0.1, 0.15) is 0 Å². The van der Waals surface area contributed by atoms with Crippen molar-refractivity contribution in [2.45, 2.75) is 0 Å². The molecule has 78 valence electrons. The first-order chi connectivity index (χ1) is 6.23. The van der Waals surface area contributed by atoms with Gasteiger partial charge in [0.05, 0.1) is 0 Å². The molecule has 6 nitrogen and oxygen atoms in total. The second kappa shape index (κ2) is 2.22. The molecule has 7 heteroatoms. The summed E-state index contributed by atoms with van der Waals surface area (Å²) in [7, 11) is 0. The van der Waals surface area contributed by atoms with Gasteiger partial charge in [0.15, 0.2) is 0 Å². The Bertz CT molecular complexity index is 184. The van der Waals surface area contributed by atoms with Crippen LogP contribution < -0.4 is 0 Å². The van der Waals surface area contributed by atoms with Crippen LogP contribution in [0, 0.1) is 0 Å². The van der Waals surface area contributed by atoms with Crippen molar-refractivity contribution in [3.05, 3.63) is 0 Å². The average molecular weight is 302 g/mol. The maximum atomic E-state index is 5.52. The summed E-state index contributed by atoms with van der Waals surface area (Å²) in [5, 5.41) is 0. The molecule has 3 aliphatic rings. The summed E-state index contributed by atoms with van der Waals surface area (Å²) in [5.41, 5.74) is 0. The van der Waals surface area contributed by atoms with E-state index in [1.807, 2.05) is 0 Å². The van der Waals surface area contributed by atoms with Crippen LogP contribution in [0.25, 0.3) is 0 Å². The van der Waals surface area contributed by atoms with E-state index in [-0.39, 0.29) is 0 Å². The maximum absolute atomic E-state index is 5.52. The standard InChI is InChI=1S/3C2H4O2.Sb/c3*3-1-2-4;/h3*1-2H2;/q3*-2;+5. The first kappa shape index (κ1) is 8.85. The fraction of sp³-hybridized carbons (Fsp3) is 1.00. The van der Waals surface area contributed by atoms with Crippen LogP contribution in [0.5, 0.6) is 0 Å². The molecule has 1 spiro atoms. The minimum absolute atomic E-state index is 0.411. The van der Waals surface area contributed by atoms with Crippen LogP contribution in [-0.2, 0) is 18.1 Å². The summed E-state index contributed by atoms with van der Waals surface area (Å²) < 4.78 is 33.1. The molecule has 0 amide bonds. The molecule has 3 rings (SSSR count). The molecule has 0 aromatic rings. The normalized spacial score (nSPS) is 44.3. The third kappa shape index (κ3) is 0.899. The van der Waals surface area contributed by atoms with E-state index in [0.29, 0.717) is 39.6 Å². The van der Waals surface area contributed by atoms with Crippen LogP contribution in [0.2, 0.25) is 0 Å². The first-order valence-corrected chi connectivity index (χ1v) is 10.6. The Balaban J connectivity index is 2.13. The molecular formula is C6H12O6Sb-. The average Bonchev–Trinajstić information content (AvgIpc) is 2.82. The number of rotatable bonds is 0. The van der Waals surface area contributed by atoms with Crippen LogP contribution in [0.4, 0.5) is 0 Å². The molecule has 3 aliphatic heterocycles. The summed E-state index contributed by atoms with van der Waals surface area (Å²) in [5.74, 6) is 0. The Morgan fingerprint density at radius 1 is 0.462 bits per heavy atom. The molecule has 3 fully saturated rings. The summed E-state index contributed by atoms with van der Waals surface area (Å²) in [6, 6.07) is 0. The van der Waals surface area contributed by atoms with E-state index in [2.05, 4.69) is 0 Å². The van der Waals surface area contributed by atoms with E-state index in [4.69, 9.17) is 18.1 Å². The molecule has 0 unspecified atom stereocenters. The second-order valence-corrected chi connectivity index (χ2v) is 13.9. The molecule has 3 heterocycles. The molecule has 0 atom stereocenters. The van der Waals surface area contributed by atoms with Gasteiger partial charge in [-0.05, 0) is 0 Å². The van der Waals surface area contributed by atoms with Crippen LogP contribution in [0.3, 0.4) is 0 Å². The van der Waals surface area contributed by atoms with E-state index in [9.17, 15) is 0 Å². The van der Waals surface area contributed by atoms with E-state index >= 15 is 0 Å². The van der Waals surface area contributed by atoms with Crippen molar-refractivity contribution in [2.24, 2.45) is 0 Å². The van der Waals surface area contributed by atoms with E-state index in [1.165, 1.54) is 0 Å². The van der Waals surface area contributed by atoms with E-state index in [1.54, 1.807) is 0 Å². The minimum atomic E-state index is -5.30. The van der Waals surface area contributed by atoms with Gasteiger partial charge >= 0.3 is 76.2 Å². The number of hydrogen-bond acceptors (Lipinski definition) is 6. The second-order valence-electron chi connectivity index (χ2n) is 3.12. The van der Waals surface area contributed by atoms with Crippen molar-refractivity contribution < 1.29 is 18.1 Å². The zero-order valence-electron chi connectivity index (χ0n) is 7.14. The van der Waals surface area contributed by atoms with Gasteiger partial charge in [-0.1, -0.05) is 0 Å². The van der Waals surface area contributed by atoms with Gasteiger partial charge in [-0.3, -0.25) is 0 Å². The summed E-state index contributed by atoms with van der Waals surface area (Å²) in [4.78, 5) is 0. The SMILES string of the molecule is C1C[O][Sb-]23([O]1)([O]CC[O]2)[O]CC[O]3. The van der Waals surface area contributed by atoms with Crippen LogP contribution >= 0.6 is 0 Å². The quantitative estimate of drug-likeness (QED) is 0.561. The van der Waals surface area contributed by atoms with Crippen molar-refractivity contribution in [1.82, 2.24) is 0 Å². The van der Waals surface area contributed by atoms with Gasteiger partial charge in [0.25, 0.3) is 0 Å². The Morgan fingerprint density at radius 3 is 0.923 bits per heavy atom. The fourth-order valence-corrected chi connectivity index (χ4v) is 12.8. The summed E-state index contributed by atoms with van der Waals surface area (Å²) in [6.45, 7) is 2.47. The molecular weight excluding hydrogens is 290 g/mol. The third-order valence-corrected chi connectivity index (χ3v) is 14.5. The topological polar surface area (TPSA) is 55.4 Å². The third-order valence-electron chi connectivity index (χ3n) is 2.38. The van der Waals surface area contributed by atoms with Gasteiger partial charge in [0.1, 0.15) is 0 Å². The predicted octanol–water partition coefficient (Wildman–Crippen LogP) is -0.536. The predicted molar refractivity (Wildman–Crippen MR) is 41.5 cm³/mol. The molecule has 13 heavy (non-hydrogen) atoms. The molecule has 0 saturated carbocycles. The summed E-state index contributed by atoms with van der Waals surface area (Å²) >= 11 is -5.30. The van der Waals surface area contributed by atoms with Gasteiger partial charge in [0, 0.05) is 0 Å². The molecule has 0 aliphatic carbocycles. The molecule has 0 aromatic heterocycles. The van der Waals surface area contributed by atoms with Crippen molar-refractivity contribution in [1.29, 1.82) is 0 Å². The Kier molecular flexibility index (Phi) is 1.51. The molecule has 0 radical (unpaired) electrons. The zero-order valence-corrected chi connectivity index (χ0v) is 9.69. The van der Waals surface area contributed by atoms with Crippen molar-refractivity contribution in [3.8, 4) is 0 Å². The van der Waals surface area contributed by atoms with Crippen LogP contribution in [-0.4, -0.2) is 58.2 Å². The molecule has 0 bridgehead atoms. The van der Waals surface area contributed by atoms with Crippen molar-refractivity contribution >= 4 is 18.5 Å². The molecule has 0 aromatic carbocycles. The Morgan fingerprint density at radius 2 is 0.692 bits per heavy atom. The van der Waals surface area contributed by atoms with E-state index in [0.717, 1.165) is 0 Å². The summed E-state index contributed by atoms with van der Waals surface area (Å²) in [6.07, 6.45) is 0. The van der Waals surface area contributed by atoms with Crippen LogP contribution in [0.15, 0.2) is 0 Å². The van der Waals surface area contributed by atoms with Gasteiger partial charge in [0.2, 0.25) is 0 Å². The first-order valence-electron chi connectivity index (χ1n) is 4.33. The fourth-order valence-electron chi connectivity index (χ4n) is 1.90. The van der Waals surface area contributed by atoms with Gasteiger partial charge in [-0.25, -0.2) is 0 Å². The van der Waals surface area contributed by atoms with E-state index < -0.39 is 18.5 Å². The van der Waals surface area contributed by atoms with Gasteiger partial charge in [-0.2, -0.15) is 0 Å². The monoisotopic (exact) mass is 301 g/mol. The Labute approximate surface area is 76.4 Å². The van der Waals surface area contributed by atoms with Gasteiger partial charge < -0.3 is 0 Å².